The lowest BCUT2D eigenvalue weighted by Gasteiger charge is -2.11. The summed E-state index contributed by atoms with van der Waals surface area (Å²) < 4.78 is 10.4. The standard InChI is InChI=1S/C18H15ClN2O3/c1-23-15-8-5-11(10-16(15)24-2)18(22)21-14-7-6-13(19)12-4-3-9-20-17(12)14/h3-10H,1-2H3,(H,21,22). The molecular formula is C18H15ClN2O3. The summed E-state index contributed by atoms with van der Waals surface area (Å²) in [6.45, 7) is 0. The number of pyridine rings is 1. The maximum atomic E-state index is 12.5. The van der Waals surface area contributed by atoms with Crippen molar-refractivity contribution in [2.24, 2.45) is 0 Å². The molecule has 3 rings (SSSR count). The molecule has 2 aromatic carbocycles. The molecule has 0 unspecified atom stereocenters. The van der Waals surface area contributed by atoms with E-state index in [-0.39, 0.29) is 5.91 Å². The first-order valence-corrected chi connectivity index (χ1v) is 7.58. The van der Waals surface area contributed by atoms with Gasteiger partial charge in [0, 0.05) is 17.1 Å². The molecule has 1 aromatic heterocycles. The van der Waals surface area contributed by atoms with E-state index in [4.69, 9.17) is 21.1 Å². The number of methoxy groups -OCH3 is 2. The number of anilines is 1. The van der Waals surface area contributed by atoms with Crippen molar-refractivity contribution in [2.75, 3.05) is 19.5 Å². The normalized spacial score (nSPS) is 10.5. The van der Waals surface area contributed by atoms with Gasteiger partial charge in [-0.1, -0.05) is 11.6 Å². The molecule has 5 nitrogen and oxygen atoms in total. The number of benzene rings is 2. The second-order valence-corrected chi connectivity index (χ2v) is 5.43. The molecule has 122 valence electrons. The van der Waals surface area contributed by atoms with Crippen LogP contribution in [0.2, 0.25) is 5.02 Å². The van der Waals surface area contributed by atoms with E-state index in [0.29, 0.717) is 33.3 Å². The summed E-state index contributed by atoms with van der Waals surface area (Å²) in [5, 5.41) is 4.23. The zero-order valence-electron chi connectivity index (χ0n) is 13.2. The Hall–Kier alpha value is -2.79. The summed E-state index contributed by atoms with van der Waals surface area (Å²) in [6, 6.07) is 12.1. The van der Waals surface area contributed by atoms with Crippen molar-refractivity contribution < 1.29 is 14.3 Å². The van der Waals surface area contributed by atoms with E-state index >= 15 is 0 Å². The van der Waals surface area contributed by atoms with Crippen molar-refractivity contribution >= 4 is 34.1 Å². The number of amides is 1. The summed E-state index contributed by atoms with van der Waals surface area (Å²) in [6.07, 6.45) is 1.66. The summed E-state index contributed by atoms with van der Waals surface area (Å²) in [5.74, 6) is 0.780. The molecule has 0 spiro atoms. The Morgan fingerprint density at radius 2 is 1.88 bits per heavy atom. The van der Waals surface area contributed by atoms with E-state index in [9.17, 15) is 4.79 Å². The number of halogens is 1. The minimum absolute atomic E-state index is 0.273. The molecule has 3 aromatic rings. The first kappa shape index (κ1) is 16.1. The van der Waals surface area contributed by atoms with Gasteiger partial charge >= 0.3 is 0 Å². The van der Waals surface area contributed by atoms with Crippen molar-refractivity contribution in [1.82, 2.24) is 4.98 Å². The van der Waals surface area contributed by atoms with Crippen molar-refractivity contribution in [3.8, 4) is 11.5 Å². The number of nitrogens with zero attached hydrogens (tertiary/aromatic N) is 1. The molecule has 0 bridgehead atoms. The number of ether oxygens (including phenoxy) is 2. The maximum absolute atomic E-state index is 12.5. The van der Waals surface area contributed by atoms with Gasteiger partial charge in [0.1, 0.15) is 0 Å². The number of carbonyl (C=O) groups is 1. The van der Waals surface area contributed by atoms with Crippen LogP contribution < -0.4 is 14.8 Å². The largest absolute Gasteiger partial charge is 0.493 e. The van der Waals surface area contributed by atoms with Crippen LogP contribution in [0.25, 0.3) is 10.9 Å². The number of rotatable bonds is 4. The number of nitrogens with one attached hydrogen (secondary N) is 1. The van der Waals surface area contributed by atoms with Crippen LogP contribution in [0, 0.1) is 0 Å². The Morgan fingerprint density at radius 3 is 2.62 bits per heavy atom. The highest BCUT2D eigenvalue weighted by molar-refractivity contribution is 6.36. The average molecular weight is 343 g/mol. The molecule has 0 saturated carbocycles. The molecule has 1 heterocycles. The van der Waals surface area contributed by atoms with Crippen LogP contribution in [-0.2, 0) is 0 Å². The van der Waals surface area contributed by atoms with E-state index in [1.165, 1.54) is 7.11 Å². The zero-order chi connectivity index (χ0) is 17.1. The van der Waals surface area contributed by atoms with Crippen molar-refractivity contribution in [2.45, 2.75) is 0 Å². The van der Waals surface area contributed by atoms with Crippen molar-refractivity contribution in [3.05, 3.63) is 59.2 Å². The number of aromatic nitrogens is 1. The zero-order valence-corrected chi connectivity index (χ0v) is 13.9. The Bertz CT molecular complexity index is 912. The molecule has 0 atom stereocenters. The fraction of sp³-hybridized carbons (Fsp3) is 0.111. The Kier molecular flexibility index (Phi) is 4.53. The minimum Gasteiger partial charge on any atom is -0.493 e. The molecular weight excluding hydrogens is 328 g/mol. The predicted octanol–water partition coefficient (Wildman–Crippen LogP) is 4.16. The van der Waals surface area contributed by atoms with Crippen LogP contribution in [0.4, 0.5) is 5.69 Å². The van der Waals surface area contributed by atoms with Crippen LogP contribution in [0.15, 0.2) is 48.7 Å². The highest BCUT2D eigenvalue weighted by Crippen LogP contribution is 2.30. The monoisotopic (exact) mass is 342 g/mol. The van der Waals surface area contributed by atoms with Crippen LogP contribution in [0.5, 0.6) is 11.5 Å². The fourth-order valence-corrected chi connectivity index (χ4v) is 2.63. The van der Waals surface area contributed by atoms with E-state index in [1.54, 1.807) is 49.7 Å². The second-order valence-electron chi connectivity index (χ2n) is 5.02. The summed E-state index contributed by atoms with van der Waals surface area (Å²) >= 11 is 6.17. The van der Waals surface area contributed by atoms with Gasteiger partial charge in [0.25, 0.3) is 5.91 Å². The lowest BCUT2D eigenvalue weighted by molar-refractivity contribution is 0.102. The van der Waals surface area contributed by atoms with Gasteiger partial charge in [0.05, 0.1) is 30.4 Å². The molecule has 0 aliphatic carbocycles. The summed E-state index contributed by atoms with van der Waals surface area (Å²) in [5.41, 5.74) is 1.68. The predicted molar refractivity (Wildman–Crippen MR) is 94.3 cm³/mol. The third-order valence-electron chi connectivity index (χ3n) is 3.61. The Labute approximate surface area is 144 Å². The highest BCUT2D eigenvalue weighted by atomic mass is 35.5. The number of hydrogen-bond donors (Lipinski definition) is 1. The van der Waals surface area contributed by atoms with Crippen LogP contribution in [0.1, 0.15) is 10.4 Å². The van der Waals surface area contributed by atoms with Crippen LogP contribution in [-0.4, -0.2) is 25.1 Å². The third-order valence-corrected chi connectivity index (χ3v) is 3.94. The third kappa shape index (κ3) is 2.98. The molecule has 0 fully saturated rings. The molecule has 0 aliphatic heterocycles. The van der Waals surface area contributed by atoms with Crippen LogP contribution >= 0.6 is 11.6 Å². The Balaban J connectivity index is 1.95. The number of fused-ring (bicyclic) bond motifs is 1. The van der Waals surface area contributed by atoms with Gasteiger partial charge in [-0.15, -0.1) is 0 Å². The van der Waals surface area contributed by atoms with Gasteiger partial charge < -0.3 is 14.8 Å². The quantitative estimate of drug-likeness (QED) is 0.773. The van der Waals surface area contributed by atoms with Gasteiger partial charge in [0.2, 0.25) is 0 Å². The van der Waals surface area contributed by atoms with Gasteiger partial charge in [-0.05, 0) is 42.5 Å². The molecule has 0 aliphatic rings. The lowest BCUT2D eigenvalue weighted by Crippen LogP contribution is -2.12. The van der Waals surface area contributed by atoms with Crippen molar-refractivity contribution in [3.63, 3.8) is 0 Å². The summed E-state index contributed by atoms with van der Waals surface area (Å²) in [7, 11) is 3.07. The van der Waals surface area contributed by atoms with Gasteiger partial charge in [-0.3, -0.25) is 9.78 Å². The topological polar surface area (TPSA) is 60.5 Å². The van der Waals surface area contributed by atoms with E-state index in [0.717, 1.165) is 5.39 Å². The number of hydrogen-bond acceptors (Lipinski definition) is 4. The van der Waals surface area contributed by atoms with Crippen molar-refractivity contribution in [1.29, 1.82) is 0 Å². The van der Waals surface area contributed by atoms with E-state index in [2.05, 4.69) is 10.3 Å². The first-order chi connectivity index (χ1) is 11.6. The molecule has 1 amide bonds. The molecule has 0 saturated heterocycles. The highest BCUT2D eigenvalue weighted by Gasteiger charge is 2.13. The molecule has 0 radical (unpaired) electrons. The smallest absolute Gasteiger partial charge is 0.255 e. The fourth-order valence-electron chi connectivity index (χ4n) is 2.41. The van der Waals surface area contributed by atoms with Gasteiger partial charge in [-0.2, -0.15) is 0 Å². The maximum Gasteiger partial charge on any atom is 0.255 e. The van der Waals surface area contributed by atoms with E-state index < -0.39 is 0 Å². The minimum atomic E-state index is -0.273. The lowest BCUT2D eigenvalue weighted by atomic mass is 10.1. The molecule has 24 heavy (non-hydrogen) atoms. The van der Waals surface area contributed by atoms with Crippen LogP contribution in [0.3, 0.4) is 0 Å². The van der Waals surface area contributed by atoms with Gasteiger partial charge in [-0.25, -0.2) is 0 Å². The van der Waals surface area contributed by atoms with Gasteiger partial charge in [0.15, 0.2) is 11.5 Å². The van der Waals surface area contributed by atoms with E-state index in [1.807, 2.05) is 6.07 Å². The second kappa shape index (κ2) is 6.76. The molecule has 6 heteroatoms. The summed E-state index contributed by atoms with van der Waals surface area (Å²) in [4.78, 5) is 16.8. The number of carbonyl (C=O) groups excluding carboxylic acids is 1. The average Bonchev–Trinajstić information content (AvgIpc) is 2.63. The first-order valence-electron chi connectivity index (χ1n) is 7.20. The molecule has 1 N–H and O–H groups in total. The Morgan fingerprint density at radius 1 is 1.08 bits per heavy atom. The SMILES string of the molecule is COc1ccc(C(=O)Nc2ccc(Cl)c3cccnc23)cc1OC.